The third-order valence-electron chi connectivity index (χ3n) is 4.58. The molecule has 86 valence electrons. The van der Waals surface area contributed by atoms with Crippen molar-refractivity contribution < 1.29 is 4.74 Å². The second-order valence-corrected chi connectivity index (χ2v) is 5.73. The molecule has 2 unspecified atom stereocenters. The van der Waals surface area contributed by atoms with Gasteiger partial charge in [0.15, 0.2) is 0 Å². The predicted molar refractivity (Wildman–Crippen MR) is 60.9 cm³/mol. The number of morpholine rings is 1. The summed E-state index contributed by atoms with van der Waals surface area (Å²) in [6.07, 6.45) is 12.8. The van der Waals surface area contributed by atoms with Crippen LogP contribution in [-0.4, -0.2) is 24.3 Å². The first-order valence-electron chi connectivity index (χ1n) is 6.77. The van der Waals surface area contributed by atoms with Gasteiger partial charge in [0.2, 0.25) is 0 Å². The van der Waals surface area contributed by atoms with Gasteiger partial charge in [0.05, 0.1) is 12.7 Å². The zero-order valence-electron chi connectivity index (χ0n) is 9.63. The first-order valence-corrected chi connectivity index (χ1v) is 6.77. The minimum absolute atomic E-state index is 0.380. The van der Waals surface area contributed by atoms with Gasteiger partial charge in [0, 0.05) is 11.6 Å². The number of ether oxygens (including phenoxy) is 1. The molecular weight excluding hydrogens is 186 g/mol. The van der Waals surface area contributed by atoms with Gasteiger partial charge >= 0.3 is 0 Å². The van der Waals surface area contributed by atoms with Crippen molar-refractivity contribution in [1.82, 2.24) is 5.32 Å². The second-order valence-electron chi connectivity index (χ2n) is 5.73. The van der Waals surface area contributed by atoms with Crippen LogP contribution in [0.1, 0.15) is 57.8 Å². The first kappa shape index (κ1) is 10.1. The number of hydrogen-bond donors (Lipinski definition) is 1. The maximum absolute atomic E-state index is 6.14. The van der Waals surface area contributed by atoms with E-state index >= 15 is 0 Å². The molecule has 1 aliphatic heterocycles. The molecule has 1 saturated heterocycles. The Hall–Kier alpha value is -0.0800. The highest BCUT2D eigenvalue weighted by atomic mass is 16.5. The van der Waals surface area contributed by atoms with Crippen LogP contribution >= 0.6 is 0 Å². The quantitative estimate of drug-likeness (QED) is 0.662. The zero-order valence-corrected chi connectivity index (χ0v) is 9.63. The maximum atomic E-state index is 6.14. The topological polar surface area (TPSA) is 21.3 Å². The van der Waals surface area contributed by atoms with E-state index in [0.29, 0.717) is 17.7 Å². The van der Waals surface area contributed by atoms with E-state index in [1.165, 1.54) is 57.8 Å². The van der Waals surface area contributed by atoms with Gasteiger partial charge < -0.3 is 10.1 Å². The second kappa shape index (κ2) is 4.06. The molecule has 1 N–H and O–H groups in total. The Morgan fingerprint density at radius 3 is 2.60 bits per heavy atom. The zero-order chi connectivity index (χ0) is 10.1. The Morgan fingerprint density at radius 1 is 0.933 bits per heavy atom. The molecule has 0 radical (unpaired) electrons. The van der Waals surface area contributed by atoms with E-state index in [4.69, 9.17) is 4.74 Å². The standard InChI is InChI=1S/C13H23NO/c1-2-6-11-12(7-3-1)15-10-13(14-11)8-4-5-9-13/h11-12,14H,1-10H2. The van der Waals surface area contributed by atoms with Crippen LogP contribution < -0.4 is 5.32 Å². The molecule has 1 spiro atoms. The van der Waals surface area contributed by atoms with Crippen molar-refractivity contribution in [2.75, 3.05) is 6.61 Å². The fourth-order valence-electron chi connectivity index (χ4n) is 3.68. The van der Waals surface area contributed by atoms with Gasteiger partial charge in [-0.05, 0) is 25.7 Å². The minimum atomic E-state index is 0.380. The fourth-order valence-corrected chi connectivity index (χ4v) is 3.68. The lowest BCUT2D eigenvalue weighted by molar-refractivity contribution is -0.0633. The molecule has 0 amide bonds. The number of fused-ring (bicyclic) bond motifs is 1. The third kappa shape index (κ3) is 1.94. The molecular formula is C13H23NO. The molecule has 0 aromatic heterocycles. The molecule has 0 aromatic carbocycles. The van der Waals surface area contributed by atoms with Crippen molar-refractivity contribution in [1.29, 1.82) is 0 Å². The lowest BCUT2D eigenvalue weighted by Crippen LogP contribution is -2.60. The average molecular weight is 209 g/mol. The molecule has 3 aliphatic rings. The Labute approximate surface area is 92.8 Å². The van der Waals surface area contributed by atoms with E-state index in [-0.39, 0.29) is 0 Å². The lowest BCUT2D eigenvalue weighted by atomic mass is 9.91. The summed E-state index contributed by atoms with van der Waals surface area (Å²) in [5, 5.41) is 3.95. The molecule has 2 heteroatoms. The van der Waals surface area contributed by atoms with E-state index < -0.39 is 0 Å². The highest BCUT2D eigenvalue weighted by molar-refractivity contribution is 5.00. The smallest absolute Gasteiger partial charge is 0.0729 e. The lowest BCUT2D eigenvalue weighted by Gasteiger charge is -2.43. The normalized spacial score (nSPS) is 40.0. The van der Waals surface area contributed by atoms with Gasteiger partial charge in [0.1, 0.15) is 0 Å². The van der Waals surface area contributed by atoms with Gasteiger partial charge in [-0.2, -0.15) is 0 Å². The summed E-state index contributed by atoms with van der Waals surface area (Å²) >= 11 is 0. The predicted octanol–water partition coefficient (Wildman–Crippen LogP) is 2.62. The number of nitrogens with one attached hydrogen (secondary N) is 1. The summed E-state index contributed by atoms with van der Waals surface area (Å²) in [4.78, 5) is 0. The maximum Gasteiger partial charge on any atom is 0.0729 e. The van der Waals surface area contributed by atoms with Crippen molar-refractivity contribution in [3.8, 4) is 0 Å². The molecule has 2 nitrogen and oxygen atoms in total. The van der Waals surface area contributed by atoms with Gasteiger partial charge in [-0.25, -0.2) is 0 Å². The molecule has 0 aromatic rings. The summed E-state index contributed by atoms with van der Waals surface area (Å²) in [5.74, 6) is 0. The monoisotopic (exact) mass is 209 g/mol. The fraction of sp³-hybridized carbons (Fsp3) is 1.00. The number of rotatable bonds is 0. The van der Waals surface area contributed by atoms with Crippen LogP contribution in [0.3, 0.4) is 0 Å². The van der Waals surface area contributed by atoms with Crippen LogP contribution in [0.15, 0.2) is 0 Å². The summed E-state index contributed by atoms with van der Waals surface area (Å²) in [7, 11) is 0. The van der Waals surface area contributed by atoms with E-state index in [1.54, 1.807) is 0 Å². The molecule has 3 rings (SSSR count). The molecule has 1 heterocycles. The molecule has 0 bridgehead atoms. The van der Waals surface area contributed by atoms with Crippen LogP contribution in [0.4, 0.5) is 0 Å². The summed E-state index contributed by atoms with van der Waals surface area (Å²) in [6, 6.07) is 0.666. The molecule has 3 fully saturated rings. The average Bonchev–Trinajstić information content (AvgIpc) is 2.57. The number of hydrogen-bond acceptors (Lipinski definition) is 2. The third-order valence-corrected chi connectivity index (χ3v) is 4.58. The van der Waals surface area contributed by atoms with E-state index in [1.807, 2.05) is 0 Å². The molecule has 2 aliphatic carbocycles. The summed E-state index contributed by atoms with van der Waals surface area (Å²) in [6.45, 7) is 0.980. The Balaban J connectivity index is 1.69. The van der Waals surface area contributed by atoms with Gasteiger partial charge in [-0.15, -0.1) is 0 Å². The van der Waals surface area contributed by atoms with Crippen LogP contribution in [0.25, 0.3) is 0 Å². The van der Waals surface area contributed by atoms with Crippen LogP contribution in [0.5, 0.6) is 0 Å². The van der Waals surface area contributed by atoms with Gasteiger partial charge in [-0.3, -0.25) is 0 Å². The summed E-state index contributed by atoms with van der Waals surface area (Å²) < 4.78 is 6.14. The SMILES string of the molecule is C1CCC2NC3(CCCC3)COC2CC1. The van der Waals surface area contributed by atoms with E-state index in [9.17, 15) is 0 Å². The first-order chi connectivity index (χ1) is 7.38. The molecule has 15 heavy (non-hydrogen) atoms. The highest BCUT2D eigenvalue weighted by Gasteiger charge is 2.42. The summed E-state index contributed by atoms with van der Waals surface area (Å²) in [5.41, 5.74) is 0.380. The Morgan fingerprint density at radius 2 is 1.73 bits per heavy atom. The van der Waals surface area contributed by atoms with Crippen molar-refractivity contribution in [2.45, 2.75) is 75.5 Å². The van der Waals surface area contributed by atoms with E-state index in [2.05, 4.69) is 5.32 Å². The van der Waals surface area contributed by atoms with Gasteiger partial charge in [0.25, 0.3) is 0 Å². The van der Waals surface area contributed by atoms with Crippen LogP contribution in [0.2, 0.25) is 0 Å². The Bertz CT molecular complexity index is 223. The van der Waals surface area contributed by atoms with Crippen molar-refractivity contribution in [3.63, 3.8) is 0 Å². The Kier molecular flexibility index (Phi) is 2.73. The van der Waals surface area contributed by atoms with Crippen LogP contribution in [0, 0.1) is 0 Å². The van der Waals surface area contributed by atoms with Crippen molar-refractivity contribution in [2.24, 2.45) is 0 Å². The minimum Gasteiger partial charge on any atom is -0.375 e. The van der Waals surface area contributed by atoms with Gasteiger partial charge in [-0.1, -0.05) is 32.1 Å². The van der Waals surface area contributed by atoms with Crippen molar-refractivity contribution in [3.05, 3.63) is 0 Å². The molecule has 2 atom stereocenters. The van der Waals surface area contributed by atoms with E-state index in [0.717, 1.165) is 6.61 Å². The molecule has 2 saturated carbocycles. The largest absolute Gasteiger partial charge is 0.375 e. The van der Waals surface area contributed by atoms with Crippen LogP contribution in [-0.2, 0) is 4.74 Å². The van der Waals surface area contributed by atoms with Crippen molar-refractivity contribution >= 4 is 0 Å². The highest BCUT2D eigenvalue weighted by Crippen LogP contribution is 2.36.